The van der Waals surface area contributed by atoms with Crippen molar-refractivity contribution in [3.8, 4) is 0 Å². The SMILES string of the molecule is C=C(O[C@H](C)c1cc(C(F)(F)F)cc(C(F)(F)F)c1)[C@@]1(c2ccc(F)cc2)COC(=O)N1. The van der Waals surface area contributed by atoms with Gasteiger partial charge in [0.15, 0.2) is 5.54 Å². The van der Waals surface area contributed by atoms with E-state index in [2.05, 4.69) is 11.9 Å². The van der Waals surface area contributed by atoms with Gasteiger partial charge in [-0.2, -0.15) is 26.3 Å². The number of amides is 1. The predicted octanol–water partition coefficient (Wildman–Crippen LogP) is 6.09. The van der Waals surface area contributed by atoms with Gasteiger partial charge in [0.25, 0.3) is 0 Å². The molecule has 4 nitrogen and oxygen atoms in total. The van der Waals surface area contributed by atoms with E-state index in [0.29, 0.717) is 17.7 Å². The molecule has 0 saturated carbocycles. The molecule has 11 heteroatoms. The highest BCUT2D eigenvalue weighted by Gasteiger charge is 2.46. The normalized spacial score (nSPS) is 19.8. The molecule has 1 aliphatic rings. The fraction of sp³-hybridized carbons (Fsp3) is 0.286. The molecule has 0 radical (unpaired) electrons. The van der Waals surface area contributed by atoms with E-state index >= 15 is 0 Å². The molecule has 0 aliphatic carbocycles. The Kier molecular flexibility index (Phi) is 5.88. The minimum Gasteiger partial charge on any atom is -0.488 e. The van der Waals surface area contributed by atoms with E-state index in [1.165, 1.54) is 19.1 Å². The Balaban J connectivity index is 1.96. The topological polar surface area (TPSA) is 47.6 Å². The third kappa shape index (κ3) is 4.66. The summed E-state index contributed by atoms with van der Waals surface area (Å²) < 4.78 is 103. The summed E-state index contributed by atoms with van der Waals surface area (Å²) in [6, 6.07) is 5.92. The summed E-state index contributed by atoms with van der Waals surface area (Å²) in [6.45, 7) is 4.59. The van der Waals surface area contributed by atoms with Gasteiger partial charge in [-0.1, -0.05) is 18.7 Å². The molecule has 0 spiro atoms. The molecule has 1 aliphatic heterocycles. The maximum absolute atomic E-state index is 13.3. The smallest absolute Gasteiger partial charge is 0.416 e. The van der Waals surface area contributed by atoms with Crippen LogP contribution in [0.25, 0.3) is 0 Å². The van der Waals surface area contributed by atoms with Crippen LogP contribution in [-0.4, -0.2) is 12.7 Å². The van der Waals surface area contributed by atoms with Gasteiger partial charge in [-0.25, -0.2) is 9.18 Å². The van der Waals surface area contributed by atoms with Crippen LogP contribution in [0.3, 0.4) is 0 Å². The van der Waals surface area contributed by atoms with Crippen molar-refractivity contribution < 1.29 is 45.0 Å². The third-order valence-electron chi connectivity index (χ3n) is 4.95. The van der Waals surface area contributed by atoms with Crippen molar-refractivity contribution in [3.05, 3.63) is 82.9 Å². The highest BCUT2D eigenvalue weighted by Crippen LogP contribution is 2.40. The maximum atomic E-state index is 13.3. The van der Waals surface area contributed by atoms with Crippen LogP contribution in [0.4, 0.5) is 35.5 Å². The number of cyclic esters (lactones) is 1. The average molecular weight is 463 g/mol. The van der Waals surface area contributed by atoms with Gasteiger partial charge in [-0.3, -0.25) is 0 Å². The first-order valence-corrected chi connectivity index (χ1v) is 9.09. The van der Waals surface area contributed by atoms with Gasteiger partial charge in [-0.15, -0.1) is 0 Å². The summed E-state index contributed by atoms with van der Waals surface area (Å²) in [6.07, 6.45) is -12.2. The Morgan fingerprint density at radius 2 is 1.59 bits per heavy atom. The maximum Gasteiger partial charge on any atom is 0.416 e. The van der Waals surface area contributed by atoms with E-state index in [4.69, 9.17) is 9.47 Å². The number of carbonyl (C=O) groups excluding carboxylic acids is 1. The number of carbonyl (C=O) groups is 1. The van der Waals surface area contributed by atoms with Gasteiger partial charge in [0.05, 0.1) is 11.1 Å². The van der Waals surface area contributed by atoms with Crippen LogP contribution in [0.2, 0.25) is 0 Å². The van der Waals surface area contributed by atoms with E-state index in [0.717, 1.165) is 12.1 Å². The van der Waals surface area contributed by atoms with Crippen LogP contribution in [0, 0.1) is 5.82 Å². The lowest BCUT2D eigenvalue weighted by molar-refractivity contribution is -0.143. The van der Waals surface area contributed by atoms with Gasteiger partial charge >= 0.3 is 18.4 Å². The molecule has 2 atom stereocenters. The largest absolute Gasteiger partial charge is 0.488 e. The molecule has 2 aromatic rings. The van der Waals surface area contributed by atoms with E-state index in [1.807, 2.05) is 0 Å². The molecule has 3 rings (SSSR count). The number of hydrogen-bond donors (Lipinski definition) is 1. The monoisotopic (exact) mass is 463 g/mol. The molecule has 2 aromatic carbocycles. The second kappa shape index (κ2) is 8.03. The Hall–Kier alpha value is -3.24. The van der Waals surface area contributed by atoms with Gasteiger partial charge in [-0.05, 0) is 48.4 Å². The first kappa shape index (κ1) is 23.4. The fourth-order valence-electron chi connectivity index (χ4n) is 3.22. The van der Waals surface area contributed by atoms with Crippen LogP contribution < -0.4 is 5.32 Å². The van der Waals surface area contributed by atoms with Crippen molar-refractivity contribution in [1.29, 1.82) is 0 Å². The Bertz CT molecular complexity index is 999. The second-order valence-corrected chi connectivity index (χ2v) is 7.14. The van der Waals surface area contributed by atoms with E-state index in [-0.39, 0.29) is 18.4 Å². The molecular weight excluding hydrogens is 447 g/mol. The van der Waals surface area contributed by atoms with Crippen molar-refractivity contribution in [2.24, 2.45) is 0 Å². The number of ether oxygens (including phenoxy) is 2. The lowest BCUT2D eigenvalue weighted by atomic mass is 9.89. The molecule has 172 valence electrons. The van der Waals surface area contributed by atoms with Crippen molar-refractivity contribution >= 4 is 6.09 Å². The number of alkyl halides is 6. The first-order valence-electron chi connectivity index (χ1n) is 9.09. The predicted molar refractivity (Wildman–Crippen MR) is 97.6 cm³/mol. The molecule has 0 aromatic heterocycles. The van der Waals surface area contributed by atoms with Crippen LogP contribution in [0.1, 0.15) is 35.3 Å². The van der Waals surface area contributed by atoms with Crippen molar-refractivity contribution in [2.45, 2.75) is 30.9 Å². The van der Waals surface area contributed by atoms with Crippen molar-refractivity contribution in [2.75, 3.05) is 6.61 Å². The minimum absolute atomic E-state index is 0.0100. The zero-order chi connectivity index (χ0) is 23.9. The Morgan fingerprint density at radius 3 is 2.03 bits per heavy atom. The summed E-state index contributed by atoms with van der Waals surface area (Å²) in [5.41, 5.74) is -4.62. The molecule has 1 heterocycles. The van der Waals surface area contributed by atoms with Crippen LogP contribution in [0.5, 0.6) is 0 Å². The van der Waals surface area contributed by atoms with Crippen LogP contribution in [-0.2, 0) is 27.4 Å². The number of benzene rings is 2. The number of alkyl carbamates (subject to hydrolysis) is 1. The van der Waals surface area contributed by atoms with E-state index in [9.17, 15) is 35.5 Å². The first-order chi connectivity index (χ1) is 14.7. The van der Waals surface area contributed by atoms with Gasteiger partial charge < -0.3 is 14.8 Å². The van der Waals surface area contributed by atoms with Crippen molar-refractivity contribution in [3.63, 3.8) is 0 Å². The number of rotatable bonds is 5. The highest BCUT2D eigenvalue weighted by atomic mass is 19.4. The van der Waals surface area contributed by atoms with E-state index < -0.39 is 52.6 Å². The number of hydrogen-bond acceptors (Lipinski definition) is 3. The lowest BCUT2D eigenvalue weighted by Gasteiger charge is -2.31. The van der Waals surface area contributed by atoms with Crippen molar-refractivity contribution in [1.82, 2.24) is 5.32 Å². The molecule has 1 N–H and O–H groups in total. The van der Waals surface area contributed by atoms with Crippen LogP contribution >= 0.6 is 0 Å². The van der Waals surface area contributed by atoms with Gasteiger partial charge in [0.2, 0.25) is 0 Å². The molecule has 1 fully saturated rings. The lowest BCUT2D eigenvalue weighted by Crippen LogP contribution is -2.43. The Labute approximate surface area is 177 Å². The summed E-state index contributed by atoms with van der Waals surface area (Å²) >= 11 is 0. The molecular formula is C21H16F7NO3. The summed E-state index contributed by atoms with van der Waals surface area (Å²) in [5, 5.41) is 2.46. The van der Waals surface area contributed by atoms with Crippen LogP contribution in [0.15, 0.2) is 54.8 Å². The van der Waals surface area contributed by atoms with E-state index in [1.54, 1.807) is 0 Å². The fourth-order valence-corrected chi connectivity index (χ4v) is 3.22. The molecule has 1 saturated heterocycles. The zero-order valence-corrected chi connectivity index (χ0v) is 16.4. The standard InChI is InChI=1S/C21H16F7NO3/c1-11(13-7-15(20(23,24)25)9-16(8-13)21(26,27)28)32-12(2)19(10-31-18(30)29-19)14-3-5-17(22)6-4-14/h3-9,11H,2,10H2,1H3,(H,29,30)/t11-,19-/m1/s1. The molecule has 0 bridgehead atoms. The quantitative estimate of drug-likeness (QED) is 0.431. The van der Waals surface area contributed by atoms with Gasteiger partial charge in [0.1, 0.15) is 24.3 Å². The zero-order valence-electron chi connectivity index (χ0n) is 16.4. The molecule has 32 heavy (non-hydrogen) atoms. The summed E-state index contributed by atoms with van der Waals surface area (Å²) in [7, 11) is 0. The molecule has 0 unspecified atom stereocenters. The van der Waals surface area contributed by atoms with Gasteiger partial charge in [0, 0.05) is 0 Å². The average Bonchev–Trinajstić information content (AvgIpc) is 3.09. The third-order valence-corrected chi connectivity index (χ3v) is 4.95. The number of halogens is 7. The number of nitrogens with one attached hydrogen (secondary N) is 1. The minimum atomic E-state index is -5.02. The second-order valence-electron chi connectivity index (χ2n) is 7.14. The summed E-state index contributed by atoms with van der Waals surface area (Å²) in [4.78, 5) is 11.7. The molecule has 1 amide bonds. The summed E-state index contributed by atoms with van der Waals surface area (Å²) in [5.74, 6) is -0.786. The Morgan fingerprint density at radius 1 is 1.06 bits per heavy atom. The highest BCUT2D eigenvalue weighted by molar-refractivity contribution is 5.72.